The summed E-state index contributed by atoms with van der Waals surface area (Å²) in [6.07, 6.45) is 7.87. The van der Waals surface area contributed by atoms with Gasteiger partial charge in [-0.05, 0) is 83.2 Å². The second-order valence-corrected chi connectivity index (χ2v) is 18.9. The van der Waals surface area contributed by atoms with Gasteiger partial charge in [0.25, 0.3) is 0 Å². The summed E-state index contributed by atoms with van der Waals surface area (Å²) in [4.78, 5) is 18.6. The average Bonchev–Trinajstić information content (AvgIpc) is 3.82. The van der Waals surface area contributed by atoms with Crippen LogP contribution in [0.25, 0.3) is 51.6 Å². The van der Waals surface area contributed by atoms with Gasteiger partial charge in [0.2, 0.25) is 0 Å². The number of aliphatic hydroxyl groups is 1. The first-order valence-electron chi connectivity index (χ1n) is 18.2. The molecule has 0 saturated carbocycles. The van der Waals surface area contributed by atoms with E-state index < -0.39 is 0 Å². The van der Waals surface area contributed by atoms with Crippen LogP contribution in [0.15, 0.2) is 59.8 Å². The van der Waals surface area contributed by atoms with Crippen molar-refractivity contribution in [2.75, 3.05) is 0 Å². The smallest absolute Gasteiger partial charge is 0.164 e. The normalized spacial score (nSPS) is 12.9. The summed E-state index contributed by atoms with van der Waals surface area (Å²) in [5.41, 5.74) is 2.99. The van der Waals surface area contributed by atoms with Crippen LogP contribution in [0.4, 0.5) is 0 Å². The van der Waals surface area contributed by atoms with Crippen molar-refractivity contribution in [2.45, 2.75) is 114 Å². The second kappa shape index (κ2) is 16.3. The summed E-state index contributed by atoms with van der Waals surface area (Å²) in [5.74, 6) is 0.955. The van der Waals surface area contributed by atoms with E-state index in [1.54, 1.807) is 0 Å². The van der Waals surface area contributed by atoms with Gasteiger partial charge in [-0.3, -0.25) is 9.78 Å². The summed E-state index contributed by atoms with van der Waals surface area (Å²) >= 11 is 5.62. The minimum Gasteiger partial charge on any atom is -0.512 e. The Labute approximate surface area is 330 Å². The van der Waals surface area contributed by atoms with Gasteiger partial charge < -0.3 is 5.11 Å². The SMILES string of the molecule is CC(C)Cc1cc2c(ccc3sc4c(-c5[c-]c6ccsc6c(C(C)(C)C)c5)nccc4c32)s1.CCC(C)(CC)C(=O)/C=C(\O)C(C)(CC)CC.[Ir]. The molecule has 0 aliphatic carbocycles. The molecule has 0 atom stereocenters. The van der Waals surface area contributed by atoms with Crippen LogP contribution < -0.4 is 0 Å². The molecule has 2 aromatic carbocycles. The fraction of sp³-hybridized carbons (Fsp3) is 0.455. The third-order valence-electron chi connectivity index (χ3n) is 10.8. The minimum absolute atomic E-state index is 0. The molecule has 6 rings (SSSR count). The van der Waals surface area contributed by atoms with Crippen LogP contribution in [0.5, 0.6) is 0 Å². The zero-order valence-corrected chi connectivity index (χ0v) is 37.0. The van der Waals surface area contributed by atoms with E-state index in [1.807, 2.05) is 81.7 Å². The maximum atomic E-state index is 12.2. The number of thiophene rings is 3. The minimum atomic E-state index is -0.337. The first-order chi connectivity index (χ1) is 23.6. The van der Waals surface area contributed by atoms with E-state index in [4.69, 9.17) is 4.98 Å². The predicted molar refractivity (Wildman–Crippen MR) is 223 cm³/mol. The quantitative estimate of drug-likeness (QED) is 0.0846. The molecule has 0 spiro atoms. The van der Waals surface area contributed by atoms with Gasteiger partial charge in [-0.1, -0.05) is 87.3 Å². The molecule has 7 heteroatoms. The van der Waals surface area contributed by atoms with Crippen LogP contribution in [0, 0.1) is 22.8 Å². The molecule has 0 aliphatic heterocycles. The van der Waals surface area contributed by atoms with E-state index in [2.05, 4.69) is 82.5 Å². The number of aromatic nitrogens is 1. The van der Waals surface area contributed by atoms with E-state index in [1.165, 1.54) is 56.9 Å². The van der Waals surface area contributed by atoms with Crippen molar-refractivity contribution in [1.29, 1.82) is 0 Å². The molecule has 4 aromatic heterocycles. The number of fused-ring (bicyclic) bond motifs is 6. The first-order valence-corrected chi connectivity index (χ1v) is 20.7. The molecule has 275 valence electrons. The zero-order chi connectivity index (χ0) is 36.6. The van der Waals surface area contributed by atoms with Crippen LogP contribution >= 0.6 is 34.0 Å². The van der Waals surface area contributed by atoms with Crippen molar-refractivity contribution >= 4 is 80.1 Å². The van der Waals surface area contributed by atoms with Crippen LogP contribution in [-0.2, 0) is 36.7 Å². The summed E-state index contributed by atoms with van der Waals surface area (Å²) in [6, 6.07) is 17.4. The molecule has 1 radical (unpaired) electrons. The molecule has 0 unspecified atom stereocenters. The van der Waals surface area contributed by atoms with Gasteiger partial charge in [-0.15, -0.1) is 46.3 Å². The van der Waals surface area contributed by atoms with E-state index in [-0.39, 0.29) is 47.9 Å². The number of benzene rings is 2. The zero-order valence-electron chi connectivity index (χ0n) is 32.2. The third kappa shape index (κ3) is 8.39. The molecule has 4 heterocycles. The number of carbonyl (C=O) groups excluding carboxylic acids is 1. The maximum absolute atomic E-state index is 12.2. The molecule has 0 fully saturated rings. The Morgan fingerprint density at radius 2 is 1.51 bits per heavy atom. The van der Waals surface area contributed by atoms with Crippen LogP contribution in [0.2, 0.25) is 0 Å². The standard InChI is InChI=1S/C29H26NS3.C15H28O2.Ir/c1-16(2)12-19-15-21-23(32-19)6-7-24-25(21)20-8-10-30-26(28(20)33-24)18-13-17-9-11-31-27(17)22(14-18)29(3,4)5;1-7-14(5,8-2)12(16)11-13(17)15(6,9-3)10-4;/h6-11,14-16H,12H2,1-5H3;11,16H,7-10H2,1-6H3;/q-1;;/b;12-11-;. The molecule has 51 heavy (non-hydrogen) atoms. The van der Waals surface area contributed by atoms with Gasteiger partial charge in [0, 0.05) is 78.7 Å². The van der Waals surface area contributed by atoms with Crippen molar-refractivity contribution in [3.8, 4) is 11.3 Å². The molecular weight excluding hydrogens is 863 g/mol. The van der Waals surface area contributed by atoms with Crippen molar-refractivity contribution < 1.29 is 30.0 Å². The topological polar surface area (TPSA) is 50.2 Å². The Hall–Kier alpha value is -2.41. The van der Waals surface area contributed by atoms with E-state index in [9.17, 15) is 9.90 Å². The van der Waals surface area contributed by atoms with Crippen molar-refractivity contribution in [1.82, 2.24) is 4.98 Å². The fourth-order valence-corrected chi connectivity index (χ4v) is 10.0. The Bertz CT molecular complexity index is 2170. The van der Waals surface area contributed by atoms with Gasteiger partial charge in [0.1, 0.15) is 5.76 Å². The number of nitrogens with zero attached hydrogens (tertiary/aromatic N) is 1. The Kier molecular flexibility index (Phi) is 13.2. The molecular formula is C44H54IrNO2S3-. The second-order valence-electron chi connectivity index (χ2n) is 15.7. The number of pyridine rings is 1. The summed E-state index contributed by atoms with van der Waals surface area (Å²) in [7, 11) is 0. The summed E-state index contributed by atoms with van der Waals surface area (Å²) in [5, 5.41) is 17.6. The van der Waals surface area contributed by atoms with Crippen LogP contribution in [0.3, 0.4) is 0 Å². The molecule has 0 amide bonds. The molecule has 0 saturated heterocycles. The summed E-state index contributed by atoms with van der Waals surface area (Å²) < 4.78 is 5.33. The fourth-order valence-electron chi connectivity index (χ4n) is 6.44. The Balaban J connectivity index is 0.000000279. The number of hydrogen-bond acceptors (Lipinski definition) is 6. The van der Waals surface area contributed by atoms with Gasteiger partial charge in [-0.25, -0.2) is 0 Å². The van der Waals surface area contributed by atoms with Gasteiger partial charge in [-0.2, -0.15) is 11.3 Å². The van der Waals surface area contributed by atoms with E-state index in [0.717, 1.165) is 43.4 Å². The van der Waals surface area contributed by atoms with Crippen molar-refractivity contribution in [2.24, 2.45) is 16.7 Å². The number of carbonyl (C=O) groups is 1. The predicted octanol–water partition coefficient (Wildman–Crippen LogP) is 14.5. The number of ketones is 1. The number of hydrogen-bond donors (Lipinski definition) is 1. The first kappa shape index (κ1) is 41.3. The molecule has 1 N–H and O–H groups in total. The van der Waals surface area contributed by atoms with Gasteiger partial charge >= 0.3 is 0 Å². The average molecular weight is 917 g/mol. The maximum Gasteiger partial charge on any atom is 0.164 e. The van der Waals surface area contributed by atoms with Crippen molar-refractivity contribution in [3.63, 3.8) is 0 Å². The molecule has 3 nitrogen and oxygen atoms in total. The number of rotatable bonds is 10. The number of aliphatic hydroxyl groups excluding tert-OH is 1. The van der Waals surface area contributed by atoms with E-state index >= 15 is 0 Å². The molecule has 0 aliphatic rings. The Morgan fingerprint density at radius 3 is 2.12 bits per heavy atom. The van der Waals surface area contributed by atoms with Gasteiger partial charge in [0.15, 0.2) is 5.78 Å². The van der Waals surface area contributed by atoms with Crippen molar-refractivity contribution in [3.05, 3.63) is 76.3 Å². The third-order valence-corrected chi connectivity index (χ3v) is 14.1. The number of allylic oxidation sites excluding steroid dienone is 2. The van der Waals surface area contributed by atoms with Gasteiger partial charge in [0.05, 0.1) is 0 Å². The van der Waals surface area contributed by atoms with Crippen LogP contribution in [-0.4, -0.2) is 15.9 Å². The van der Waals surface area contributed by atoms with E-state index in [0.29, 0.717) is 5.92 Å². The molecule has 0 bridgehead atoms. The molecule has 6 aromatic rings. The monoisotopic (exact) mass is 917 g/mol. The Morgan fingerprint density at radius 1 is 0.863 bits per heavy atom. The largest absolute Gasteiger partial charge is 0.512 e. The summed E-state index contributed by atoms with van der Waals surface area (Å²) in [6.45, 7) is 23.6. The van der Waals surface area contributed by atoms with Crippen LogP contribution in [0.1, 0.15) is 112 Å².